The lowest BCUT2D eigenvalue weighted by atomic mass is 10.1. The molecule has 1 atom stereocenters. The first-order chi connectivity index (χ1) is 8.52. The maximum atomic E-state index is 11.5. The van der Waals surface area contributed by atoms with Crippen LogP contribution in [0.3, 0.4) is 0 Å². The van der Waals surface area contributed by atoms with Gasteiger partial charge in [-0.25, -0.2) is 0 Å². The molecule has 0 saturated heterocycles. The Balaban J connectivity index is 2.44. The molecule has 1 rings (SSSR count). The summed E-state index contributed by atoms with van der Waals surface area (Å²) < 4.78 is 0. The molecule has 4 N–H and O–H groups in total. The van der Waals surface area contributed by atoms with Gasteiger partial charge in [0.25, 0.3) is 0 Å². The van der Waals surface area contributed by atoms with Gasteiger partial charge in [0.05, 0.1) is 19.1 Å². The van der Waals surface area contributed by atoms with E-state index in [2.05, 4.69) is 10.6 Å². The number of aryl methyl sites for hydroxylation is 1. The van der Waals surface area contributed by atoms with Crippen molar-refractivity contribution in [3.8, 4) is 0 Å². The highest BCUT2D eigenvalue weighted by molar-refractivity contribution is 5.85. The van der Waals surface area contributed by atoms with Crippen molar-refractivity contribution in [2.24, 2.45) is 5.73 Å². The second-order valence-electron chi connectivity index (χ2n) is 4.18. The zero-order valence-electron chi connectivity index (χ0n) is 10.7. The summed E-state index contributed by atoms with van der Waals surface area (Å²) >= 11 is 0. The lowest BCUT2D eigenvalue weighted by molar-refractivity contribution is -0.125. The van der Waals surface area contributed by atoms with E-state index < -0.39 is 0 Å². The van der Waals surface area contributed by atoms with Crippen LogP contribution in [0, 0.1) is 6.92 Å². The summed E-state index contributed by atoms with van der Waals surface area (Å²) in [6, 6.07) is 7.84. The minimum absolute atomic E-state index is 0.0494. The van der Waals surface area contributed by atoms with Crippen molar-refractivity contribution in [3.05, 3.63) is 35.4 Å². The highest BCUT2D eigenvalue weighted by Gasteiger charge is 2.09. The first kappa shape index (κ1) is 14.2. The van der Waals surface area contributed by atoms with Crippen molar-refractivity contribution >= 4 is 11.8 Å². The number of carbonyl (C=O) groups is 2. The molecule has 0 bridgehead atoms. The molecule has 2 amide bonds. The molecule has 5 heteroatoms. The van der Waals surface area contributed by atoms with Crippen LogP contribution in [0.25, 0.3) is 0 Å². The molecule has 0 saturated carbocycles. The number of nitrogens with one attached hydrogen (secondary N) is 2. The third kappa shape index (κ3) is 4.55. The third-order valence-electron chi connectivity index (χ3n) is 2.59. The Morgan fingerprint density at radius 1 is 1.22 bits per heavy atom. The Kier molecular flexibility index (Phi) is 5.32. The summed E-state index contributed by atoms with van der Waals surface area (Å²) in [5.74, 6) is -0.571. The summed E-state index contributed by atoms with van der Waals surface area (Å²) in [7, 11) is 0. The van der Waals surface area contributed by atoms with Crippen LogP contribution in [0.1, 0.15) is 24.1 Å². The monoisotopic (exact) mass is 249 g/mol. The van der Waals surface area contributed by atoms with E-state index in [1.807, 2.05) is 38.1 Å². The Labute approximate surface area is 107 Å². The molecule has 1 aromatic carbocycles. The molecule has 0 radical (unpaired) electrons. The van der Waals surface area contributed by atoms with Gasteiger partial charge >= 0.3 is 0 Å². The van der Waals surface area contributed by atoms with Crippen molar-refractivity contribution in [1.29, 1.82) is 0 Å². The van der Waals surface area contributed by atoms with Crippen molar-refractivity contribution in [1.82, 2.24) is 10.6 Å². The zero-order valence-corrected chi connectivity index (χ0v) is 10.7. The van der Waals surface area contributed by atoms with Crippen LogP contribution >= 0.6 is 0 Å². The molecule has 0 aliphatic heterocycles. The van der Waals surface area contributed by atoms with Gasteiger partial charge in [-0.2, -0.15) is 0 Å². The van der Waals surface area contributed by atoms with Gasteiger partial charge in [0, 0.05) is 0 Å². The van der Waals surface area contributed by atoms with Gasteiger partial charge < -0.3 is 16.4 Å². The maximum absolute atomic E-state index is 11.5. The molecule has 0 unspecified atom stereocenters. The molecular weight excluding hydrogens is 230 g/mol. The van der Waals surface area contributed by atoms with E-state index in [1.54, 1.807) is 0 Å². The van der Waals surface area contributed by atoms with E-state index in [-0.39, 0.29) is 30.9 Å². The Morgan fingerprint density at radius 3 is 2.39 bits per heavy atom. The van der Waals surface area contributed by atoms with Gasteiger partial charge in [-0.1, -0.05) is 29.8 Å². The average molecular weight is 249 g/mol. The summed E-state index contributed by atoms with van der Waals surface area (Å²) in [5, 5.41) is 5.22. The van der Waals surface area contributed by atoms with E-state index >= 15 is 0 Å². The smallest absolute Gasteiger partial charge is 0.239 e. The predicted molar refractivity (Wildman–Crippen MR) is 69.8 cm³/mol. The highest BCUT2D eigenvalue weighted by atomic mass is 16.2. The number of carbonyl (C=O) groups excluding carboxylic acids is 2. The van der Waals surface area contributed by atoms with Crippen LogP contribution in [0.4, 0.5) is 0 Å². The molecule has 0 aliphatic rings. The van der Waals surface area contributed by atoms with Crippen LogP contribution in [-0.4, -0.2) is 24.9 Å². The number of rotatable bonds is 5. The maximum Gasteiger partial charge on any atom is 0.239 e. The van der Waals surface area contributed by atoms with Gasteiger partial charge in [-0.05, 0) is 19.4 Å². The number of hydrogen-bond donors (Lipinski definition) is 3. The highest BCUT2D eigenvalue weighted by Crippen LogP contribution is 2.12. The van der Waals surface area contributed by atoms with Crippen LogP contribution in [0.5, 0.6) is 0 Å². The normalized spacial score (nSPS) is 11.7. The fourth-order valence-corrected chi connectivity index (χ4v) is 1.48. The van der Waals surface area contributed by atoms with Crippen LogP contribution < -0.4 is 16.4 Å². The summed E-state index contributed by atoms with van der Waals surface area (Å²) in [6.45, 7) is 3.75. The number of benzene rings is 1. The van der Waals surface area contributed by atoms with Gasteiger partial charge in [0.15, 0.2) is 0 Å². The van der Waals surface area contributed by atoms with Crippen molar-refractivity contribution in [2.45, 2.75) is 19.9 Å². The van der Waals surface area contributed by atoms with Gasteiger partial charge in [0.2, 0.25) is 11.8 Å². The minimum atomic E-state index is -0.340. The molecule has 5 nitrogen and oxygen atoms in total. The van der Waals surface area contributed by atoms with Crippen molar-refractivity contribution < 1.29 is 9.59 Å². The first-order valence-corrected chi connectivity index (χ1v) is 5.85. The second kappa shape index (κ2) is 6.76. The van der Waals surface area contributed by atoms with Gasteiger partial charge in [-0.15, -0.1) is 0 Å². The molecule has 0 aliphatic carbocycles. The number of nitrogens with two attached hydrogens (primary N) is 1. The van der Waals surface area contributed by atoms with E-state index in [9.17, 15) is 9.59 Å². The Bertz CT molecular complexity index is 415. The largest absolute Gasteiger partial charge is 0.348 e. The minimum Gasteiger partial charge on any atom is -0.348 e. The van der Waals surface area contributed by atoms with E-state index in [4.69, 9.17) is 5.73 Å². The van der Waals surface area contributed by atoms with Crippen molar-refractivity contribution in [2.75, 3.05) is 13.1 Å². The molecule has 0 fully saturated rings. The standard InChI is InChI=1S/C13H19N3O2/c1-9-3-5-11(6-4-9)10(2)16-13(18)8-15-12(17)7-14/h3-6,10H,7-8,14H2,1-2H3,(H,15,17)(H,16,18)/t10-/m0/s1. The second-order valence-corrected chi connectivity index (χ2v) is 4.18. The summed E-state index contributed by atoms with van der Waals surface area (Å²) in [6.07, 6.45) is 0. The number of amides is 2. The zero-order chi connectivity index (χ0) is 13.5. The van der Waals surface area contributed by atoms with Crippen molar-refractivity contribution in [3.63, 3.8) is 0 Å². The third-order valence-corrected chi connectivity index (χ3v) is 2.59. The Morgan fingerprint density at radius 2 is 1.83 bits per heavy atom. The molecule has 0 aromatic heterocycles. The number of hydrogen-bond acceptors (Lipinski definition) is 3. The van der Waals surface area contributed by atoms with Crippen LogP contribution in [0.2, 0.25) is 0 Å². The quantitative estimate of drug-likeness (QED) is 0.699. The van der Waals surface area contributed by atoms with E-state index in [1.165, 1.54) is 5.56 Å². The van der Waals surface area contributed by atoms with E-state index in [0.717, 1.165) is 5.56 Å². The molecule has 18 heavy (non-hydrogen) atoms. The summed E-state index contributed by atoms with van der Waals surface area (Å²) in [5.41, 5.74) is 7.32. The van der Waals surface area contributed by atoms with Gasteiger partial charge in [0.1, 0.15) is 0 Å². The van der Waals surface area contributed by atoms with Crippen LogP contribution in [0.15, 0.2) is 24.3 Å². The average Bonchev–Trinajstić information content (AvgIpc) is 2.36. The SMILES string of the molecule is Cc1ccc([C@H](C)NC(=O)CNC(=O)CN)cc1. The molecule has 98 valence electrons. The Hall–Kier alpha value is -1.88. The summed E-state index contributed by atoms with van der Waals surface area (Å²) in [4.78, 5) is 22.4. The lowest BCUT2D eigenvalue weighted by Crippen LogP contribution is -2.40. The molecule has 0 heterocycles. The predicted octanol–water partition coefficient (Wildman–Crippen LogP) is 0.247. The fraction of sp³-hybridized carbons (Fsp3) is 0.385. The van der Waals surface area contributed by atoms with Gasteiger partial charge in [-0.3, -0.25) is 9.59 Å². The molecule has 1 aromatic rings. The lowest BCUT2D eigenvalue weighted by Gasteiger charge is -2.14. The van der Waals surface area contributed by atoms with E-state index in [0.29, 0.717) is 0 Å². The van der Waals surface area contributed by atoms with Crippen LogP contribution in [-0.2, 0) is 9.59 Å². The fourth-order valence-electron chi connectivity index (χ4n) is 1.48. The topological polar surface area (TPSA) is 84.2 Å². The molecule has 0 spiro atoms. The first-order valence-electron chi connectivity index (χ1n) is 5.85. The molecular formula is C13H19N3O2.